The molecule has 0 saturated carbocycles. The molecule has 0 bridgehead atoms. The van der Waals surface area contributed by atoms with Crippen molar-refractivity contribution in [1.82, 2.24) is 19.7 Å². The maximum absolute atomic E-state index is 13.1. The number of ether oxygens (including phenoxy) is 1. The third kappa shape index (κ3) is 4.37. The summed E-state index contributed by atoms with van der Waals surface area (Å²) in [7, 11) is 3.25. The Morgan fingerprint density at radius 2 is 1.69 bits per heavy atom. The third-order valence-corrected chi connectivity index (χ3v) is 5.15. The smallest absolute Gasteiger partial charge is 0.339 e. The highest BCUT2D eigenvalue weighted by Gasteiger charge is 2.24. The van der Waals surface area contributed by atoms with Crippen molar-refractivity contribution in [3.05, 3.63) is 84.1 Å². The van der Waals surface area contributed by atoms with Crippen LogP contribution >= 0.6 is 0 Å². The van der Waals surface area contributed by atoms with Gasteiger partial charge in [-0.15, -0.1) is 0 Å². The topological polar surface area (TPSA) is 77.3 Å². The van der Waals surface area contributed by atoms with Gasteiger partial charge in [0.2, 0.25) is 0 Å². The molecule has 0 radical (unpaired) electrons. The second-order valence-electron chi connectivity index (χ2n) is 7.73. The van der Waals surface area contributed by atoms with Crippen LogP contribution in [0.25, 0.3) is 22.3 Å². The van der Waals surface area contributed by atoms with Crippen molar-refractivity contribution in [2.45, 2.75) is 19.6 Å². The Bertz CT molecular complexity index is 1250. The standard InChI is InChI=1S/C25H24N4O3/c1-17(24(30)28(2)3)32-25(31)20-14-22(19-12-8-5-9-13-19)27-23-21(20)15-26-29(23)16-18-10-6-4-7-11-18/h4-15,17H,16H2,1-3H3. The minimum absolute atomic E-state index is 0.285. The predicted octanol–water partition coefficient (Wildman–Crippen LogP) is 3.78. The van der Waals surface area contributed by atoms with E-state index in [0.29, 0.717) is 28.8 Å². The molecule has 0 N–H and O–H groups in total. The molecule has 0 spiro atoms. The van der Waals surface area contributed by atoms with E-state index in [4.69, 9.17) is 9.72 Å². The van der Waals surface area contributed by atoms with E-state index in [0.717, 1.165) is 11.1 Å². The number of rotatable bonds is 6. The lowest BCUT2D eigenvalue weighted by Gasteiger charge is -2.17. The molecule has 2 aromatic heterocycles. The number of nitrogens with zero attached hydrogens (tertiary/aromatic N) is 4. The Morgan fingerprint density at radius 1 is 1.03 bits per heavy atom. The molecule has 7 heteroatoms. The lowest BCUT2D eigenvalue weighted by atomic mass is 10.1. The largest absolute Gasteiger partial charge is 0.449 e. The molecule has 162 valence electrons. The number of carbonyl (C=O) groups excluding carboxylic acids is 2. The number of aromatic nitrogens is 3. The van der Waals surface area contributed by atoms with Crippen LogP contribution in [0.2, 0.25) is 0 Å². The Hall–Kier alpha value is -4.00. The molecule has 2 aromatic carbocycles. The summed E-state index contributed by atoms with van der Waals surface area (Å²) in [6, 6.07) is 21.2. The molecule has 0 aliphatic heterocycles. The van der Waals surface area contributed by atoms with Crippen LogP contribution in [-0.4, -0.2) is 51.7 Å². The molecule has 0 saturated heterocycles. The average molecular weight is 428 g/mol. The quantitative estimate of drug-likeness (QED) is 0.437. The van der Waals surface area contributed by atoms with Crippen LogP contribution in [0.5, 0.6) is 0 Å². The molecule has 2 heterocycles. The van der Waals surface area contributed by atoms with E-state index < -0.39 is 12.1 Å². The number of hydrogen-bond acceptors (Lipinski definition) is 5. The number of amides is 1. The van der Waals surface area contributed by atoms with Gasteiger partial charge in [-0.2, -0.15) is 5.10 Å². The average Bonchev–Trinajstić information content (AvgIpc) is 3.21. The monoisotopic (exact) mass is 428 g/mol. The van der Waals surface area contributed by atoms with Crippen LogP contribution in [-0.2, 0) is 16.1 Å². The molecular formula is C25H24N4O3. The molecule has 4 aromatic rings. The molecular weight excluding hydrogens is 404 g/mol. The van der Waals surface area contributed by atoms with Gasteiger partial charge in [-0.3, -0.25) is 4.79 Å². The van der Waals surface area contributed by atoms with E-state index in [1.165, 1.54) is 4.90 Å². The van der Waals surface area contributed by atoms with Crippen LogP contribution < -0.4 is 0 Å². The number of pyridine rings is 1. The van der Waals surface area contributed by atoms with Crippen molar-refractivity contribution < 1.29 is 14.3 Å². The van der Waals surface area contributed by atoms with Gasteiger partial charge in [0.25, 0.3) is 5.91 Å². The van der Waals surface area contributed by atoms with Gasteiger partial charge in [-0.1, -0.05) is 60.7 Å². The highest BCUT2D eigenvalue weighted by molar-refractivity contribution is 6.04. The minimum atomic E-state index is -0.903. The molecule has 32 heavy (non-hydrogen) atoms. The van der Waals surface area contributed by atoms with E-state index in [2.05, 4.69) is 5.10 Å². The van der Waals surface area contributed by atoms with Crippen molar-refractivity contribution in [2.24, 2.45) is 0 Å². The Kier molecular flexibility index (Phi) is 5.98. The Balaban J connectivity index is 1.79. The summed E-state index contributed by atoms with van der Waals surface area (Å²) < 4.78 is 7.26. The molecule has 1 unspecified atom stereocenters. The van der Waals surface area contributed by atoms with Gasteiger partial charge in [-0.25, -0.2) is 14.5 Å². The molecule has 0 aliphatic carbocycles. The predicted molar refractivity (Wildman–Crippen MR) is 122 cm³/mol. The summed E-state index contributed by atoms with van der Waals surface area (Å²) in [6.45, 7) is 2.08. The Labute approximate surface area is 186 Å². The van der Waals surface area contributed by atoms with Crippen LogP contribution in [0.4, 0.5) is 0 Å². The molecule has 1 amide bonds. The van der Waals surface area contributed by atoms with E-state index >= 15 is 0 Å². The second kappa shape index (κ2) is 9.01. The SMILES string of the molecule is CC(OC(=O)c1cc(-c2ccccc2)nc2c1cnn2Cc1ccccc1)C(=O)N(C)C. The summed E-state index contributed by atoms with van der Waals surface area (Å²) in [5, 5.41) is 5.06. The van der Waals surface area contributed by atoms with Crippen molar-refractivity contribution in [2.75, 3.05) is 14.1 Å². The van der Waals surface area contributed by atoms with Crippen LogP contribution in [0, 0.1) is 0 Å². The van der Waals surface area contributed by atoms with Gasteiger partial charge in [0, 0.05) is 19.7 Å². The van der Waals surface area contributed by atoms with Gasteiger partial charge >= 0.3 is 5.97 Å². The molecule has 0 fully saturated rings. The van der Waals surface area contributed by atoms with Gasteiger partial charge in [0.05, 0.1) is 29.4 Å². The lowest BCUT2D eigenvalue weighted by molar-refractivity contribution is -0.137. The van der Waals surface area contributed by atoms with Crippen molar-refractivity contribution in [3.8, 4) is 11.3 Å². The number of hydrogen-bond donors (Lipinski definition) is 0. The second-order valence-corrected chi connectivity index (χ2v) is 7.73. The van der Waals surface area contributed by atoms with Gasteiger partial charge < -0.3 is 9.64 Å². The molecule has 7 nitrogen and oxygen atoms in total. The summed E-state index contributed by atoms with van der Waals surface area (Å²) in [5.41, 5.74) is 3.47. The van der Waals surface area contributed by atoms with E-state index in [1.54, 1.807) is 38.0 Å². The third-order valence-electron chi connectivity index (χ3n) is 5.15. The minimum Gasteiger partial charge on any atom is -0.449 e. The highest BCUT2D eigenvalue weighted by atomic mass is 16.5. The van der Waals surface area contributed by atoms with Crippen molar-refractivity contribution in [1.29, 1.82) is 0 Å². The first-order valence-corrected chi connectivity index (χ1v) is 10.3. The molecule has 1 atom stereocenters. The number of carbonyl (C=O) groups is 2. The first-order chi connectivity index (χ1) is 15.4. The molecule has 4 rings (SSSR count). The number of benzene rings is 2. The summed E-state index contributed by atoms with van der Waals surface area (Å²) in [6.07, 6.45) is 0.718. The normalized spacial score (nSPS) is 11.8. The zero-order valence-corrected chi connectivity index (χ0v) is 18.2. The zero-order valence-electron chi connectivity index (χ0n) is 18.2. The van der Waals surface area contributed by atoms with E-state index in [9.17, 15) is 9.59 Å². The van der Waals surface area contributed by atoms with Crippen LogP contribution in [0.15, 0.2) is 72.9 Å². The van der Waals surface area contributed by atoms with Crippen molar-refractivity contribution in [3.63, 3.8) is 0 Å². The fourth-order valence-corrected chi connectivity index (χ4v) is 3.48. The fourth-order valence-electron chi connectivity index (χ4n) is 3.48. The maximum Gasteiger partial charge on any atom is 0.339 e. The van der Waals surface area contributed by atoms with E-state index in [1.807, 2.05) is 60.7 Å². The highest BCUT2D eigenvalue weighted by Crippen LogP contribution is 2.26. The first kappa shape index (κ1) is 21.2. The van der Waals surface area contributed by atoms with Gasteiger partial charge in [0.1, 0.15) is 0 Å². The number of fused-ring (bicyclic) bond motifs is 1. The number of esters is 1. The maximum atomic E-state index is 13.1. The molecule has 0 aliphatic rings. The van der Waals surface area contributed by atoms with Gasteiger partial charge in [0.15, 0.2) is 11.8 Å². The van der Waals surface area contributed by atoms with Crippen LogP contribution in [0.3, 0.4) is 0 Å². The van der Waals surface area contributed by atoms with Gasteiger partial charge in [-0.05, 0) is 18.6 Å². The lowest BCUT2D eigenvalue weighted by Crippen LogP contribution is -2.34. The van der Waals surface area contributed by atoms with Crippen LogP contribution in [0.1, 0.15) is 22.8 Å². The van der Waals surface area contributed by atoms with Crippen molar-refractivity contribution >= 4 is 22.9 Å². The Morgan fingerprint density at radius 3 is 2.34 bits per heavy atom. The summed E-state index contributed by atoms with van der Waals surface area (Å²) in [5.74, 6) is -0.872. The van der Waals surface area contributed by atoms with E-state index in [-0.39, 0.29) is 5.91 Å². The fraction of sp³-hybridized carbons (Fsp3) is 0.200. The zero-order chi connectivity index (χ0) is 22.7. The number of likely N-dealkylation sites (N-methyl/N-ethyl adjacent to an activating group) is 1. The summed E-state index contributed by atoms with van der Waals surface area (Å²) in [4.78, 5) is 31.5. The summed E-state index contributed by atoms with van der Waals surface area (Å²) >= 11 is 0. The first-order valence-electron chi connectivity index (χ1n) is 10.3.